The van der Waals surface area contributed by atoms with E-state index in [9.17, 15) is 17.6 Å². The van der Waals surface area contributed by atoms with Crippen LogP contribution in [0.5, 0.6) is 0 Å². The maximum absolute atomic E-state index is 13.0. The summed E-state index contributed by atoms with van der Waals surface area (Å²) in [5, 5.41) is 8.36. The van der Waals surface area contributed by atoms with Crippen molar-refractivity contribution in [1.82, 2.24) is 0 Å². The summed E-state index contributed by atoms with van der Waals surface area (Å²) in [5.41, 5.74) is 4.14. The van der Waals surface area contributed by atoms with Gasteiger partial charge >= 0.3 is 6.18 Å². The summed E-state index contributed by atoms with van der Waals surface area (Å²) < 4.78 is 49.4. The second-order valence-corrected chi connectivity index (χ2v) is 2.87. The summed E-state index contributed by atoms with van der Waals surface area (Å²) >= 11 is 0. The average molecular weight is 218 g/mol. The third-order valence-electron chi connectivity index (χ3n) is 1.83. The smallest absolute Gasteiger partial charge is 0.316 e. The molecule has 0 aliphatic heterocycles. The lowest BCUT2D eigenvalue weighted by molar-refractivity contribution is -0.149. The van der Waals surface area contributed by atoms with Crippen LogP contribution in [0.1, 0.15) is 17.2 Å². The molecule has 0 radical (unpaired) electrons. The van der Waals surface area contributed by atoms with Crippen molar-refractivity contribution >= 4 is 0 Å². The first-order valence-corrected chi connectivity index (χ1v) is 3.88. The molecule has 0 aromatic heterocycles. The van der Waals surface area contributed by atoms with E-state index in [2.05, 4.69) is 0 Å². The van der Waals surface area contributed by atoms with Gasteiger partial charge in [-0.15, -0.1) is 0 Å². The van der Waals surface area contributed by atoms with Crippen LogP contribution in [0.4, 0.5) is 17.6 Å². The first-order chi connectivity index (χ1) is 6.86. The van der Waals surface area contributed by atoms with Crippen LogP contribution in [0.25, 0.3) is 0 Å². The van der Waals surface area contributed by atoms with E-state index in [1.54, 1.807) is 0 Å². The van der Waals surface area contributed by atoms with Crippen molar-refractivity contribution in [2.75, 3.05) is 0 Å². The fourth-order valence-corrected chi connectivity index (χ4v) is 1.00. The molecule has 0 bridgehead atoms. The Morgan fingerprint density at radius 3 is 2.33 bits per heavy atom. The molecule has 0 aliphatic carbocycles. The normalized spacial score (nSPS) is 13.3. The Morgan fingerprint density at radius 1 is 1.33 bits per heavy atom. The van der Waals surface area contributed by atoms with Crippen LogP contribution in [0, 0.1) is 17.1 Å². The zero-order valence-electron chi connectivity index (χ0n) is 7.35. The first kappa shape index (κ1) is 11.5. The highest BCUT2D eigenvalue weighted by Crippen LogP contribution is 2.30. The number of alkyl halides is 3. The maximum Gasteiger partial charge on any atom is 0.407 e. The fourth-order valence-electron chi connectivity index (χ4n) is 1.00. The Balaban J connectivity index is 3.09. The van der Waals surface area contributed by atoms with Gasteiger partial charge in [0.25, 0.3) is 0 Å². The monoisotopic (exact) mass is 218 g/mol. The first-order valence-electron chi connectivity index (χ1n) is 3.88. The van der Waals surface area contributed by atoms with Crippen molar-refractivity contribution in [2.45, 2.75) is 12.2 Å². The largest absolute Gasteiger partial charge is 0.407 e. The Bertz CT molecular complexity index is 406. The van der Waals surface area contributed by atoms with Gasteiger partial charge in [0, 0.05) is 0 Å². The number of benzene rings is 1. The van der Waals surface area contributed by atoms with Crippen LogP contribution in [-0.2, 0) is 0 Å². The van der Waals surface area contributed by atoms with E-state index < -0.39 is 23.6 Å². The molecule has 0 unspecified atom stereocenters. The number of halogens is 4. The number of nitrogens with zero attached hydrogens (tertiary/aromatic N) is 1. The van der Waals surface area contributed by atoms with E-state index in [0.29, 0.717) is 6.07 Å². The summed E-state index contributed by atoms with van der Waals surface area (Å²) in [6.07, 6.45) is -4.62. The van der Waals surface area contributed by atoms with Gasteiger partial charge in [0.05, 0.1) is 5.56 Å². The molecule has 2 nitrogen and oxygen atoms in total. The van der Waals surface area contributed by atoms with Crippen molar-refractivity contribution in [3.8, 4) is 6.07 Å². The quantitative estimate of drug-likeness (QED) is 0.735. The second-order valence-electron chi connectivity index (χ2n) is 2.87. The minimum Gasteiger partial charge on any atom is -0.316 e. The lowest BCUT2D eigenvalue weighted by Gasteiger charge is -2.15. The van der Waals surface area contributed by atoms with Gasteiger partial charge in [0.2, 0.25) is 0 Å². The molecule has 0 heterocycles. The summed E-state index contributed by atoms with van der Waals surface area (Å²) in [4.78, 5) is 0. The van der Waals surface area contributed by atoms with Crippen LogP contribution in [-0.4, -0.2) is 6.18 Å². The molecule has 6 heteroatoms. The molecule has 1 rings (SSSR count). The molecule has 0 saturated carbocycles. The van der Waals surface area contributed by atoms with E-state index in [0.717, 1.165) is 12.1 Å². The predicted octanol–water partition coefficient (Wildman–Crippen LogP) is 2.26. The molecule has 1 aromatic rings. The van der Waals surface area contributed by atoms with Crippen molar-refractivity contribution in [1.29, 1.82) is 5.26 Å². The summed E-state index contributed by atoms with van der Waals surface area (Å²) in [6, 6.07) is 1.84. The molecule has 0 spiro atoms. The Hall–Kier alpha value is -1.61. The Labute approximate surface area is 82.9 Å². The molecular formula is C9H6F4N2. The van der Waals surface area contributed by atoms with Gasteiger partial charge in [-0.05, 0) is 17.7 Å². The second kappa shape index (κ2) is 3.87. The number of nitriles is 1. The topological polar surface area (TPSA) is 49.8 Å². The number of hydrogen-bond donors (Lipinski definition) is 1. The molecule has 2 N–H and O–H groups in total. The van der Waals surface area contributed by atoms with E-state index in [4.69, 9.17) is 11.0 Å². The molecular weight excluding hydrogens is 212 g/mol. The zero-order chi connectivity index (χ0) is 11.6. The van der Waals surface area contributed by atoms with E-state index in [-0.39, 0.29) is 5.56 Å². The van der Waals surface area contributed by atoms with E-state index >= 15 is 0 Å². The predicted molar refractivity (Wildman–Crippen MR) is 44.1 cm³/mol. The number of nitrogens with two attached hydrogens (primary N) is 1. The molecule has 0 amide bonds. The van der Waals surface area contributed by atoms with Gasteiger partial charge in [-0.1, -0.05) is 6.07 Å². The average Bonchev–Trinajstić information content (AvgIpc) is 2.15. The maximum atomic E-state index is 13.0. The fraction of sp³-hybridized carbons (Fsp3) is 0.222. The highest BCUT2D eigenvalue weighted by atomic mass is 19.4. The van der Waals surface area contributed by atoms with Gasteiger partial charge in [0.15, 0.2) is 0 Å². The highest BCUT2D eigenvalue weighted by molar-refractivity contribution is 5.34. The van der Waals surface area contributed by atoms with Crippen LogP contribution in [0.15, 0.2) is 18.2 Å². The molecule has 0 fully saturated rings. The minimum atomic E-state index is -4.62. The van der Waals surface area contributed by atoms with Crippen LogP contribution < -0.4 is 5.73 Å². The summed E-state index contributed by atoms with van der Waals surface area (Å²) in [5.74, 6) is -1.00. The van der Waals surface area contributed by atoms with Crippen molar-refractivity contribution in [2.24, 2.45) is 5.73 Å². The molecule has 0 saturated heterocycles. The Kier molecular flexibility index (Phi) is 2.95. The third-order valence-corrected chi connectivity index (χ3v) is 1.83. The number of rotatable bonds is 1. The summed E-state index contributed by atoms with van der Waals surface area (Å²) in [7, 11) is 0. The highest BCUT2D eigenvalue weighted by Gasteiger charge is 2.38. The molecule has 80 valence electrons. The van der Waals surface area contributed by atoms with Crippen molar-refractivity contribution < 1.29 is 17.6 Å². The van der Waals surface area contributed by atoms with Gasteiger partial charge in [-0.25, -0.2) is 4.39 Å². The molecule has 0 aliphatic rings. The van der Waals surface area contributed by atoms with Gasteiger partial charge in [0.1, 0.15) is 17.9 Å². The standard InChI is InChI=1S/C9H6F4N2/c10-7-3-5(1-2-6(7)4-14)8(15)9(11,12)13/h1-3,8H,15H2/t8-/m0/s1. The van der Waals surface area contributed by atoms with E-state index in [1.807, 2.05) is 0 Å². The molecule has 1 aromatic carbocycles. The third kappa shape index (κ3) is 2.44. The molecule has 1 atom stereocenters. The van der Waals surface area contributed by atoms with Crippen LogP contribution >= 0.6 is 0 Å². The SMILES string of the molecule is N#Cc1ccc([C@H](N)C(F)(F)F)cc1F. The van der Waals surface area contributed by atoms with Gasteiger partial charge in [-0.2, -0.15) is 18.4 Å². The van der Waals surface area contributed by atoms with Crippen molar-refractivity contribution in [3.05, 3.63) is 35.1 Å². The van der Waals surface area contributed by atoms with Crippen molar-refractivity contribution in [3.63, 3.8) is 0 Å². The Morgan fingerprint density at radius 2 is 1.93 bits per heavy atom. The summed E-state index contributed by atoms with van der Waals surface area (Å²) in [6.45, 7) is 0. The minimum absolute atomic E-state index is 0.312. The number of hydrogen-bond acceptors (Lipinski definition) is 2. The zero-order valence-corrected chi connectivity index (χ0v) is 7.35. The van der Waals surface area contributed by atoms with E-state index in [1.165, 1.54) is 6.07 Å². The molecule has 15 heavy (non-hydrogen) atoms. The lowest BCUT2D eigenvalue weighted by Crippen LogP contribution is -2.28. The lowest BCUT2D eigenvalue weighted by atomic mass is 10.1. The van der Waals surface area contributed by atoms with Gasteiger partial charge in [-0.3, -0.25) is 0 Å². The van der Waals surface area contributed by atoms with Crippen LogP contribution in [0.3, 0.4) is 0 Å². The van der Waals surface area contributed by atoms with Gasteiger partial charge < -0.3 is 5.73 Å². The van der Waals surface area contributed by atoms with Crippen LogP contribution in [0.2, 0.25) is 0 Å².